The molecular weight excluding hydrogens is 479 g/mol. The molecule has 0 radical (unpaired) electrons. The number of pyridine rings is 1. The van der Waals surface area contributed by atoms with Crippen LogP contribution in [-0.2, 0) is 13.2 Å². The van der Waals surface area contributed by atoms with E-state index in [9.17, 15) is 32.7 Å². The predicted molar refractivity (Wildman–Crippen MR) is 127 cm³/mol. The van der Waals surface area contributed by atoms with Crippen molar-refractivity contribution in [1.29, 1.82) is 0 Å². The van der Waals surface area contributed by atoms with Crippen molar-refractivity contribution in [2.24, 2.45) is 7.05 Å². The van der Waals surface area contributed by atoms with E-state index in [-0.39, 0.29) is 35.9 Å². The quantitative estimate of drug-likeness (QED) is 0.557. The monoisotopic (exact) mass is 505 g/mol. The highest BCUT2D eigenvalue weighted by atomic mass is 19.4. The number of amides is 1. The molecule has 0 spiro atoms. The highest BCUT2D eigenvalue weighted by Crippen LogP contribution is 2.35. The van der Waals surface area contributed by atoms with Crippen molar-refractivity contribution in [2.45, 2.75) is 44.9 Å². The number of nitrogens with one attached hydrogen (secondary N) is 1. The number of nitrogens with zero attached hydrogens (tertiary/aromatic N) is 4. The second kappa shape index (κ2) is 9.32. The number of carboxylic acid groups (broad SMARTS) is 1. The van der Waals surface area contributed by atoms with Gasteiger partial charge in [-0.25, -0.2) is 9.48 Å². The van der Waals surface area contributed by atoms with E-state index in [1.54, 1.807) is 13.0 Å². The summed E-state index contributed by atoms with van der Waals surface area (Å²) in [5, 5.41) is 17.1. The number of piperidine rings is 1. The summed E-state index contributed by atoms with van der Waals surface area (Å²) in [4.78, 5) is 38.1. The van der Waals surface area contributed by atoms with Gasteiger partial charge in [0.2, 0.25) is 0 Å². The third-order valence-electron chi connectivity index (χ3n) is 6.74. The van der Waals surface area contributed by atoms with Crippen molar-refractivity contribution in [2.75, 3.05) is 18.4 Å². The van der Waals surface area contributed by atoms with Crippen LogP contribution in [0.2, 0.25) is 0 Å². The molecule has 1 aliphatic rings. The SMILES string of the molecule is Cc1c(C(C)Nc2nn(C)c(=O)c3cc(=O)n(C4CCN(C(=O)O)CC4)cc23)cccc1C(F)(F)F. The van der Waals surface area contributed by atoms with Gasteiger partial charge in [0.15, 0.2) is 5.82 Å². The molecule has 1 fully saturated rings. The van der Waals surface area contributed by atoms with E-state index in [2.05, 4.69) is 10.4 Å². The van der Waals surface area contributed by atoms with Gasteiger partial charge in [0.05, 0.1) is 17.0 Å². The number of rotatable bonds is 4. The van der Waals surface area contributed by atoms with Gasteiger partial charge in [-0.1, -0.05) is 12.1 Å². The minimum absolute atomic E-state index is 0.0845. The van der Waals surface area contributed by atoms with Crippen molar-refractivity contribution >= 4 is 22.7 Å². The second-order valence-corrected chi connectivity index (χ2v) is 9.01. The first-order valence-electron chi connectivity index (χ1n) is 11.4. The largest absolute Gasteiger partial charge is 0.465 e. The van der Waals surface area contributed by atoms with Crippen molar-refractivity contribution < 1.29 is 23.1 Å². The number of halogens is 3. The first-order valence-corrected chi connectivity index (χ1v) is 11.4. The molecule has 1 atom stereocenters. The Bertz CT molecular complexity index is 1440. The molecule has 9 nitrogen and oxygen atoms in total. The van der Waals surface area contributed by atoms with Crippen LogP contribution >= 0.6 is 0 Å². The molecule has 0 saturated carbocycles. The number of hydrogen-bond donors (Lipinski definition) is 2. The van der Waals surface area contributed by atoms with Gasteiger partial charge in [-0.05, 0) is 43.9 Å². The van der Waals surface area contributed by atoms with E-state index in [4.69, 9.17) is 0 Å². The lowest BCUT2D eigenvalue weighted by Gasteiger charge is -2.31. The molecule has 36 heavy (non-hydrogen) atoms. The molecule has 1 amide bonds. The zero-order valence-electron chi connectivity index (χ0n) is 20.0. The summed E-state index contributed by atoms with van der Waals surface area (Å²) in [6, 6.07) is 4.33. The van der Waals surface area contributed by atoms with E-state index in [1.165, 1.54) is 41.8 Å². The maximum absolute atomic E-state index is 13.4. The molecule has 192 valence electrons. The molecule has 12 heteroatoms. The molecule has 1 aliphatic heterocycles. The fourth-order valence-electron chi connectivity index (χ4n) is 4.78. The maximum atomic E-state index is 13.4. The number of fused-ring (bicyclic) bond motifs is 1. The Morgan fingerprint density at radius 3 is 2.47 bits per heavy atom. The van der Waals surface area contributed by atoms with Gasteiger partial charge in [0.1, 0.15) is 0 Å². The van der Waals surface area contributed by atoms with Crippen molar-refractivity contribution in [1.82, 2.24) is 19.2 Å². The average molecular weight is 505 g/mol. The Hall–Kier alpha value is -3.83. The average Bonchev–Trinajstić information content (AvgIpc) is 2.81. The first-order chi connectivity index (χ1) is 16.9. The molecular formula is C24H26F3N5O4. The van der Waals surface area contributed by atoms with E-state index >= 15 is 0 Å². The van der Waals surface area contributed by atoms with Gasteiger partial charge in [0, 0.05) is 43.8 Å². The van der Waals surface area contributed by atoms with Gasteiger partial charge in [-0.15, -0.1) is 0 Å². The lowest BCUT2D eigenvalue weighted by molar-refractivity contribution is -0.138. The molecule has 1 unspecified atom stereocenters. The zero-order valence-corrected chi connectivity index (χ0v) is 20.0. The smallest absolute Gasteiger partial charge is 0.416 e. The van der Waals surface area contributed by atoms with Crippen LogP contribution in [-0.4, -0.2) is 43.5 Å². The van der Waals surface area contributed by atoms with Crippen LogP contribution in [0.5, 0.6) is 0 Å². The van der Waals surface area contributed by atoms with Crippen LogP contribution in [0.4, 0.5) is 23.8 Å². The number of anilines is 1. The number of benzene rings is 1. The second-order valence-electron chi connectivity index (χ2n) is 9.01. The molecule has 2 aromatic heterocycles. The predicted octanol–water partition coefficient (Wildman–Crippen LogP) is 3.91. The first kappa shape index (κ1) is 25.3. The van der Waals surface area contributed by atoms with Gasteiger partial charge in [-0.2, -0.15) is 18.3 Å². The molecule has 3 aromatic rings. The fraction of sp³-hybridized carbons (Fsp3) is 0.417. The number of alkyl halides is 3. The van der Waals surface area contributed by atoms with Gasteiger partial charge >= 0.3 is 12.3 Å². The van der Waals surface area contributed by atoms with Crippen LogP contribution in [0.1, 0.15) is 48.5 Å². The lowest BCUT2D eigenvalue weighted by Crippen LogP contribution is -2.40. The van der Waals surface area contributed by atoms with E-state index in [1.807, 2.05) is 0 Å². The van der Waals surface area contributed by atoms with E-state index in [0.717, 1.165) is 10.7 Å². The van der Waals surface area contributed by atoms with Gasteiger partial charge < -0.3 is 19.9 Å². The molecule has 2 N–H and O–H groups in total. The fourth-order valence-corrected chi connectivity index (χ4v) is 4.78. The summed E-state index contributed by atoms with van der Waals surface area (Å²) >= 11 is 0. The number of hydrogen-bond acceptors (Lipinski definition) is 5. The number of likely N-dealkylation sites (tertiary alicyclic amines) is 1. The van der Waals surface area contributed by atoms with Crippen molar-refractivity contribution in [3.05, 3.63) is 67.9 Å². The van der Waals surface area contributed by atoms with Crippen LogP contribution in [0.15, 0.2) is 40.1 Å². The normalized spacial score (nSPS) is 15.8. The minimum atomic E-state index is -4.49. The van der Waals surface area contributed by atoms with E-state index < -0.39 is 35.0 Å². The van der Waals surface area contributed by atoms with Crippen LogP contribution in [0.3, 0.4) is 0 Å². The molecule has 1 saturated heterocycles. The maximum Gasteiger partial charge on any atom is 0.416 e. The van der Waals surface area contributed by atoms with Crippen molar-refractivity contribution in [3.63, 3.8) is 0 Å². The summed E-state index contributed by atoms with van der Waals surface area (Å²) < 4.78 is 42.8. The van der Waals surface area contributed by atoms with Crippen LogP contribution in [0, 0.1) is 6.92 Å². The molecule has 0 bridgehead atoms. The number of carbonyl (C=O) groups is 1. The van der Waals surface area contributed by atoms with Crippen LogP contribution in [0.25, 0.3) is 10.8 Å². The van der Waals surface area contributed by atoms with E-state index in [0.29, 0.717) is 23.8 Å². The van der Waals surface area contributed by atoms with Gasteiger partial charge in [0.25, 0.3) is 11.1 Å². The Morgan fingerprint density at radius 2 is 1.86 bits per heavy atom. The molecule has 1 aromatic carbocycles. The summed E-state index contributed by atoms with van der Waals surface area (Å²) in [6.45, 7) is 3.65. The van der Waals surface area contributed by atoms with Crippen molar-refractivity contribution in [3.8, 4) is 0 Å². The summed E-state index contributed by atoms with van der Waals surface area (Å²) in [5.41, 5.74) is -1.10. The molecule has 3 heterocycles. The third kappa shape index (κ3) is 4.67. The molecule has 0 aliphatic carbocycles. The highest BCUT2D eigenvalue weighted by molar-refractivity contribution is 5.90. The van der Waals surface area contributed by atoms with Crippen LogP contribution < -0.4 is 16.4 Å². The Labute approximate surface area is 203 Å². The topological polar surface area (TPSA) is 109 Å². The Balaban J connectivity index is 1.75. The third-order valence-corrected chi connectivity index (χ3v) is 6.74. The Kier molecular flexibility index (Phi) is 6.54. The summed E-state index contributed by atoms with van der Waals surface area (Å²) in [7, 11) is 1.43. The Morgan fingerprint density at radius 1 is 1.19 bits per heavy atom. The minimum Gasteiger partial charge on any atom is -0.465 e. The molecule has 4 rings (SSSR count). The summed E-state index contributed by atoms with van der Waals surface area (Å²) in [6.07, 6.45) is -3.12. The zero-order chi connectivity index (χ0) is 26.4. The number of aromatic nitrogens is 3. The summed E-state index contributed by atoms with van der Waals surface area (Å²) in [5.74, 6) is 0.244. The van der Waals surface area contributed by atoms with Gasteiger partial charge in [-0.3, -0.25) is 9.59 Å². The standard InChI is InChI=1S/C24H26F3N5O4/c1-13-16(5-4-6-19(13)24(25,26)27)14(2)28-21-18-12-32(15-7-9-31(10-8-15)23(35)36)20(33)11-17(18)22(34)30(3)29-21/h4-6,11-12,14-15H,7-10H2,1-3H3,(H,28,29)(H,35,36). The highest BCUT2D eigenvalue weighted by Gasteiger charge is 2.33. The number of aryl methyl sites for hydroxylation is 1. The lowest BCUT2D eigenvalue weighted by atomic mass is 9.97.